The summed E-state index contributed by atoms with van der Waals surface area (Å²) in [4.78, 5) is 13.2. The predicted molar refractivity (Wildman–Crippen MR) is 93.0 cm³/mol. The lowest BCUT2D eigenvalue weighted by atomic mass is 10.1. The molecule has 1 aromatic carbocycles. The highest BCUT2D eigenvalue weighted by molar-refractivity contribution is 5.88. The minimum absolute atomic E-state index is 0.620. The number of nitrogens with one attached hydrogen (secondary N) is 1. The number of pyridine rings is 1. The van der Waals surface area contributed by atoms with Gasteiger partial charge in [-0.15, -0.1) is 0 Å². The first-order valence-electron chi connectivity index (χ1n) is 7.84. The molecule has 1 N–H and O–H groups in total. The number of rotatable bonds is 4. The van der Waals surface area contributed by atoms with Gasteiger partial charge in [-0.2, -0.15) is 0 Å². The van der Waals surface area contributed by atoms with Crippen LogP contribution >= 0.6 is 0 Å². The van der Waals surface area contributed by atoms with Crippen molar-refractivity contribution in [2.75, 3.05) is 5.32 Å². The molecule has 23 heavy (non-hydrogen) atoms. The van der Waals surface area contributed by atoms with Crippen molar-refractivity contribution < 1.29 is 0 Å². The Hall–Kier alpha value is -2.75. The van der Waals surface area contributed by atoms with E-state index < -0.39 is 0 Å². The van der Waals surface area contributed by atoms with Gasteiger partial charge in [0.15, 0.2) is 0 Å². The molecular formula is C19H18N4. The van der Waals surface area contributed by atoms with Crippen LogP contribution in [0.15, 0.2) is 55.1 Å². The number of aromatic nitrogens is 3. The third-order valence-corrected chi connectivity index (χ3v) is 4.24. The minimum Gasteiger partial charge on any atom is -0.344 e. The zero-order valence-electron chi connectivity index (χ0n) is 13.1. The standard InChI is InChI=1S/C19H18N4/c1-12(14-3-4-14)23-18-10-15-5-6-16(9-17(15)11-22-18)19-13(2)20-7-8-21-19/h5-11,14H,1,3-4H2,2H3,(H,22,23). The predicted octanol–water partition coefficient (Wildman–Crippen LogP) is 4.34. The van der Waals surface area contributed by atoms with E-state index in [9.17, 15) is 0 Å². The summed E-state index contributed by atoms with van der Waals surface area (Å²) in [7, 11) is 0. The molecule has 4 nitrogen and oxygen atoms in total. The van der Waals surface area contributed by atoms with E-state index in [1.807, 2.05) is 13.1 Å². The van der Waals surface area contributed by atoms with E-state index in [2.05, 4.69) is 51.1 Å². The number of aryl methyl sites for hydroxylation is 1. The number of benzene rings is 1. The summed E-state index contributed by atoms with van der Waals surface area (Å²) in [6, 6.07) is 8.36. The molecule has 0 saturated heterocycles. The molecule has 2 aromatic heterocycles. The first-order valence-corrected chi connectivity index (χ1v) is 7.84. The summed E-state index contributed by atoms with van der Waals surface area (Å²) in [6.07, 6.45) is 7.81. The molecular weight excluding hydrogens is 284 g/mol. The summed E-state index contributed by atoms with van der Waals surface area (Å²) in [5.41, 5.74) is 3.98. The van der Waals surface area contributed by atoms with Crippen LogP contribution in [-0.4, -0.2) is 15.0 Å². The summed E-state index contributed by atoms with van der Waals surface area (Å²) < 4.78 is 0. The van der Waals surface area contributed by atoms with Crippen LogP contribution in [0.25, 0.3) is 22.0 Å². The average Bonchev–Trinajstić information content (AvgIpc) is 3.40. The average molecular weight is 302 g/mol. The van der Waals surface area contributed by atoms with Crippen molar-refractivity contribution >= 4 is 16.6 Å². The second-order valence-electron chi connectivity index (χ2n) is 6.05. The fraction of sp³-hybridized carbons (Fsp3) is 0.211. The van der Waals surface area contributed by atoms with E-state index >= 15 is 0 Å². The van der Waals surface area contributed by atoms with Gasteiger partial charge in [0.05, 0.1) is 11.4 Å². The maximum absolute atomic E-state index is 4.51. The number of nitrogens with zero attached hydrogens (tertiary/aromatic N) is 3. The quantitative estimate of drug-likeness (QED) is 0.779. The normalized spacial score (nSPS) is 14.0. The van der Waals surface area contributed by atoms with Crippen LogP contribution in [0.3, 0.4) is 0 Å². The molecule has 0 aliphatic heterocycles. The van der Waals surface area contributed by atoms with Crippen molar-refractivity contribution in [1.82, 2.24) is 15.0 Å². The number of allylic oxidation sites excluding steroid dienone is 1. The van der Waals surface area contributed by atoms with Gasteiger partial charge < -0.3 is 5.32 Å². The van der Waals surface area contributed by atoms with Crippen LogP contribution in [0.5, 0.6) is 0 Å². The Morgan fingerprint density at radius 3 is 2.70 bits per heavy atom. The van der Waals surface area contributed by atoms with E-state index in [-0.39, 0.29) is 0 Å². The molecule has 1 saturated carbocycles. The van der Waals surface area contributed by atoms with Gasteiger partial charge in [0, 0.05) is 35.2 Å². The molecule has 3 aromatic rings. The minimum atomic E-state index is 0.620. The second kappa shape index (κ2) is 5.47. The third kappa shape index (κ3) is 2.80. The van der Waals surface area contributed by atoms with Gasteiger partial charge in [-0.05, 0) is 43.2 Å². The van der Waals surface area contributed by atoms with Gasteiger partial charge in [0.1, 0.15) is 5.82 Å². The molecule has 0 bridgehead atoms. The van der Waals surface area contributed by atoms with Crippen molar-refractivity contribution in [3.63, 3.8) is 0 Å². The molecule has 1 fully saturated rings. The molecule has 4 rings (SSSR count). The second-order valence-corrected chi connectivity index (χ2v) is 6.05. The molecule has 114 valence electrons. The lowest BCUT2D eigenvalue weighted by molar-refractivity contribution is 1.01. The molecule has 0 radical (unpaired) electrons. The number of hydrogen-bond donors (Lipinski definition) is 1. The number of hydrogen-bond acceptors (Lipinski definition) is 4. The molecule has 0 amide bonds. The van der Waals surface area contributed by atoms with Crippen molar-refractivity contribution in [3.05, 3.63) is 60.8 Å². The van der Waals surface area contributed by atoms with Crippen LogP contribution in [0.2, 0.25) is 0 Å². The van der Waals surface area contributed by atoms with Crippen LogP contribution in [0, 0.1) is 12.8 Å². The van der Waals surface area contributed by atoms with E-state index in [0.717, 1.165) is 39.2 Å². The van der Waals surface area contributed by atoms with Crippen molar-refractivity contribution in [3.8, 4) is 11.3 Å². The molecule has 1 aliphatic rings. The Balaban J connectivity index is 1.67. The Labute approximate surface area is 135 Å². The monoisotopic (exact) mass is 302 g/mol. The van der Waals surface area contributed by atoms with Crippen molar-refractivity contribution in [2.45, 2.75) is 19.8 Å². The summed E-state index contributed by atoms with van der Waals surface area (Å²) in [5, 5.41) is 5.57. The topological polar surface area (TPSA) is 50.7 Å². The molecule has 1 aliphatic carbocycles. The Bertz CT molecular complexity index is 897. The van der Waals surface area contributed by atoms with Gasteiger partial charge in [-0.3, -0.25) is 9.97 Å². The summed E-state index contributed by atoms with van der Waals surface area (Å²) in [6.45, 7) is 6.06. The lowest BCUT2D eigenvalue weighted by Crippen LogP contribution is -2.01. The SMILES string of the molecule is C=C(Nc1cc2ccc(-c3nccnc3C)cc2cn1)C1CC1. The van der Waals surface area contributed by atoms with Gasteiger partial charge >= 0.3 is 0 Å². The van der Waals surface area contributed by atoms with Gasteiger partial charge in [-0.1, -0.05) is 18.7 Å². The maximum Gasteiger partial charge on any atom is 0.130 e. The zero-order chi connectivity index (χ0) is 15.8. The molecule has 4 heteroatoms. The van der Waals surface area contributed by atoms with Crippen LogP contribution in [-0.2, 0) is 0 Å². The largest absolute Gasteiger partial charge is 0.344 e. The molecule has 2 heterocycles. The highest BCUT2D eigenvalue weighted by atomic mass is 15.0. The maximum atomic E-state index is 4.51. The van der Waals surface area contributed by atoms with Crippen molar-refractivity contribution in [2.24, 2.45) is 5.92 Å². The van der Waals surface area contributed by atoms with Gasteiger partial charge in [0.2, 0.25) is 0 Å². The first kappa shape index (κ1) is 13.9. The number of anilines is 1. The molecule has 0 atom stereocenters. The van der Waals surface area contributed by atoms with Gasteiger partial charge in [-0.25, -0.2) is 4.98 Å². The number of fused-ring (bicyclic) bond motifs is 1. The first-order chi connectivity index (χ1) is 11.2. The highest BCUT2D eigenvalue weighted by Crippen LogP contribution is 2.35. The molecule has 0 spiro atoms. The summed E-state index contributed by atoms with van der Waals surface area (Å²) in [5.74, 6) is 1.48. The fourth-order valence-electron chi connectivity index (χ4n) is 2.75. The van der Waals surface area contributed by atoms with Gasteiger partial charge in [0.25, 0.3) is 0 Å². The summed E-state index contributed by atoms with van der Waals surface area (Å²) >= 11 is 0. The van der Waals surface area contributed by atoms with E-state index in [1.54, 1.807) is 12.4 Å². The lowest BCUT2D eigenvalue weighted by Gasteiger charge is -2.09. The Morgan fingerprint density at radius 2 is 1.91 bits per heavy atom. The van der Waals surface area contributed by atoms with Crippen LogP contribution in [0.4, 0.5) is 5.82 Å². The van der Waals surface area contributed by atoms with Crippen molar-refractivity contribution in [1.29, 1.82) is 0 Å². The zero-order valence-corrected chi connectivity index (χ0v) is 13.1. The third-order valence-electron chi connectivity index (χ3n) is 4.24. The van der Waals surface area contributed by atoms with E-state index in [1.165, 1.54) is 12.8 Å². The fourth-order valence-corrected chi connectivity index (χ4v) is 2.75. The van der Waals surface area contributed by atoms with Crippen LogP contribution < -0.4 is 5.32 Å². The Kier molecular flexibility index (Phi) is 3.30. The highest BCUT2D eigenvalue weighted by Gasteiger charge is 2.24. The van der Waals surface area contributed by atoms with E-state index in [4.69, 9.17) is 0 Å². The molecule has 0 unspecified atom stereocenters. The Morgan fingerprint density at radius 1 is 1.09 bits per heavy atom. The van der Waals surface area contributed by atoms with E-state index in [0.29, 0.717) is 5.92 Å². The smallest absolute Gasteiger partial charge is 0.130 e. The van der Waals surface area contributed by atoms with Crippen LogP contribution in [0.1, 0.15) is 18.5 Å².